The molecule has 0 bridgehead atoms. The summed E-state index contributed by atoms with van der Waals surface area (Å²) in [7, 11) is 0. The van der Waals surface area contributed by atoms with Gasteiger partial charge in [-0.1, -0.05) is 12.1 Å². The molecule has 9 heteroatoms. The van der Waals surface area contributed by atoms with Crippen LogP contribution in [0.4, 0.5) is 10.1 Å². The smallest absolute Gasteiger partial charge is 0.255 e. The van der Waals surface area contributed by atoms with E-state index in [1.807, 2.05) is 19.1 Å². The molecule has 0 aliphatic heterocycles. The van der Waals surface area contributed by atoms with Crippen LogP contribution < -0.4 is 10.6 Å². The number of halogens is 1. The molecular formula is C18H17FN6O2. The molecule has 0 saturated carbocycles. The Hall–Kier alpha value is -3.62. The maximum atomic E-state index is 12.9. The Balaban J connectivity index is 1.56. The third-order valence-electron chi connectivity index (χ3n) is 3.85. The molecule has 3 rings (SSSR count). The molecule has 138 valence electrons. The van der Waals surface area contributed by atoms with E-state index in [-0.39, 0.29) is 24.4 Å². The lowest BCUT2D eigenvalue weighted by Gasteiger charge is -2.15. The van der Waals surface area contributed by atoms with E-state index in [2.05, 4.69) is 26.2 Å². The first-order valence-electron chi connectivity index (χ1n) is 8.18. The van der Waals surface area contributed by atoms with E-state index in [4.69, 9.17) is 0 Å². The number of hydrogen-bond acceptors (Lipinski definition) is 5. The predicted molar refractivity (Wildman–Crippen MR) is 95.2 cm³/mol. The van der Waals surface area contributed by atoms with E-state index in [9.17, 15) is 14.0 Å². The minimum atomic E-state index is -0.396. The Bertz CT molecular complexity index is 910. The second-order valence-corrected chi connectivity index (χ2v) is 5.88. The summed E-state index contributed by atoms with van der Waals surface area (Å²) in [6.07, 6.45) is 1.36. The lowest BCUT2D eigenvalue weighted by atomic mass is 10.1. The molecular weight excluding hydrogens is 351 g/mol. The van der Waals surface area contributed by atoms with E-state index in [0.29, 0.717) is 11.3 Å². The molecule has 2 N–H and O–H groups in total. The number of carbonyl (C=O) groups is 2. The van der Waals surface area contributed by atoms with Gasteiger partial charge in [0, 0.05) is 11.3 Å². The van der Waals surface area contributed by atoms with Crippen molar-refractivity contribution in [1.82, 2.24) is 25.5 Å². The van der Waals surface area contributed by atoms with Crippen LogP contribution in [0.25, 0.3) is 0 Å². The van der Waals surface area contributed by atoms with Crippen LogP contribution in [0.2, 0.25) is 0 Å². The molecule has 0 radical (unpaired) electrons. The van der Waals surface area contributed by atoms with Gasteiger partial charge in [0.05, 0.1) is 6.04 Å². The van der Waals surface area contributed by atoms with Crippen molar-refractivity contribution in [3.05, 3.63) is 71.8 Å². The first-order chi connectivity index (χ1) is 13.0. The monoisotopic (exact) mass is 368 g/mol. The Morgan fingerprint density at radius 1 is 1.11 bits per heavy atom. The van der Waals surface area contributed by atoms with Crippen LogP contribution in [0.15, 0.2) is 54.9 Å². The molecule has 1 unspecified atom stereocenters. The summed E-state index contributed by atoms with van der Waals surface area (Å²) in [5.74, 6) is -0.943. The summed E-state index contributed by atoms with van der Waals surface area (Å²) in [5.41, 5.74) is 1.84. The number of tetrazole rings is 1. The molecule has 3 aromatic rings. The number of anilines is 1. The average Bonchev–Trinajstić information content (AvgIpc) is 3.15. The summed E-state index contributed by atoms with van der Waals surface area (Å²) in [6, 6.07) is 12.2. The van der Waals surface area contributed by atoms with Gasteiger partial charge in [-0.2, -0.15) is 0 Å². The van der Waals surface area contributed by atoms with Gasteiger partial charge in [-0.15, -0.1) is 5.10 Å². The average molecular weight is 368 g/mol. The lowest BCUT2D eigenvalue weighted by Crippen LogP contribution is -2.30. The van der Waals surface area contributed by atoms with Crippen molar-refractivity contribution in [2.45, 2.75) is 19.5 Å². The van der Waals surface area contributed by atoms with Gasteiger partial charge in [0.1, 0.15) is 18.7 Å². The Morgan fingerprint density at radius 3 is 2.44 bits per heavy atom. The summed E-state index contributed by atoms with van der Waals surface area (Å²) in [6.45, 7) is 1.88. The SMILES string of the molecule is CC(NC(=O)Cn1cnnn1)c1ccc(NC(=O)c2ccc(F)cc2)cc1. The largest absolute Gasteiger partial charge is 0.348 e. The standard InChI is InChI=1S/C18H17FN6O2/c1-12(21-17(26)10-25-11-20-23-24-25)13-4-8-16(9-5-13)22-18(27)14-2-6-15(19)7-3-14/h2-9,11-12H,10H2,1H3,(H,21,26)(H,22,27). The summed E-state index contributed by atoms with van der Waals surface area (Å²) >= 11 is 0. The highest BCUT2D eigenvalue weighted by atomic mass is 19.1. The minimum Gasteiger partial charge on any atom is -0.348 e. The van der Waals surface area contributed by atoms with Crippen LogP contribution in [0, 0.1) is 5.82 Å². The van der Waals surface area contributed by atoms with Gasteiger partial charge in [-0.05, 0) is 59.3 Å². The third kappa shape index (κ3) is 4.94. The quantitative estimate of drug-likeness (QED) is 0.692. The van der Waals surface area contributed by atoms with Gasteiger partial charge < -0.3 is 10.6 Å². The predicted octanol–water partition coefficient (Wildman–Crippen LogP) is 1.94. The van der Waals surface area contributed by atoms with Crippen molar-refractivity contribution >= 4 is 17.5 Å². The summed E-state index contributed by atoms with van der Waals surface area (Å²) in [5, 5.41) is 16.2. The molecule has 8 nitrogen and oxygen atoms in total. The minimum absolute atomic E-state index is 0.0309. The summed E-state index contributed by atoms with van der Waals surface area (Å²) < 4.78 is 14.2. The molecule has 0 aliphatic rings. The van der Waals surface area contributed by atoms with Crippen LogP contribution in [0.5, 0.6) is 0 Å². The molecule has 0 aliphatic carbocycles. The highest BCUT2D eigenvalue weighted by Crippen LogP contribution is 2.17. The molecule has 27 heavy (non-hydrogen) atoms. The van der Waals surface area contributed by atoms with Crippen LogP contribution in [0.1, 0.15) is 28.9 Å². The molecule has 1 atom stereocenters. The topological polar surface area (TPSA) is 102 Å². The second kappa shape index (κ2) is 8.17. The molecule has 0 saturated heterocycles. The molecule has 0 fully saturated rings. The first-order valence-corrected chi connectivity index (χ1v) is 8.18. The zero-order chi connectivity index (χ0) is 19.2. The Morgan fingerprint density at radius 2 is 1.81 bits per heavy atom. The van der Waals surface area contributed by atoms with Crippen molar-refractivity contribution in [1.29, 1.82) is 0 Å². The molecule has 1 heterocycles. The Kier molecular flexibility index (Phi) is 5.50. The zero-order valence-corrected chi connectivity index (χ0v) is 14.5. The number of rotatable bonds is 6. The maximum absolute atomic E-state index is 12.9. The number of hydrogen-bond donors (Lipinski definition) is 2. The van der Waals surface area contributed by atoms with E-state index < -0.39 is 5.82 Å². The third-order valence-corrected chi connectivity index (χ3v) is 3.85. The van der Waals surface area contributed by atoms with Crippen molar-refractivity contribution in [2.75, 3.05) is 5.32 Å². The maximum Gasteiger partial charge on any atom is 0.255 e. The van der Waals surface area contributed by atoms with E-state index in [0.717, 1.165) is 5.56 Å². The van der Waals surface area contributed by atoms with Crippen molar-refractivity contribution in [3.8, 4) is 0 Å². The fraction of sp³-hybridized carbons (Fsp3) is 0.167. The zero-order valence-electron chi connectivity index (χ0n) is 14.5. The van der Waals surface area contributed by atoms with Gasteiger partial charge in [0.25, 0.3) is 5.91 Å². The molecule has 1 aromatic heterocycles. The van der Waals surface area contributed by atoms with Gasteiger partial charge in [0.15, 0.2) is 0 Å². The normalized spacial score (nSPS) is 11.6. The number of amides is 2. The van der Waals surface area contributed by atoms with E-state index in [1.165, 1.54) is 35.3 Å². The van der Waals surface area contributed by atoms with Gasteiger partial charge in [-0.25, -0.2) is 9.07 Å². The van der Waals surface area contributed by atoms with Gasteiger partial charge in [-0.3, -0.25) is 9.59 Å². The molecule has 2 aromatic carbocycles. The van der Waals surface area contributed by atoms with Gasteiger partial charge >= 0.3 is 0 Å². The number of nitrogens with zero attached hydrogens (tertiary/aromatic N) is 4. The summed E-state index contributed by atoms with van der Waals surface area (Å²) in [4.78, 5) is 24.1. The highest BCUT2D eigenvalue weighted by Gasteiger charge is 2.11. The fourth-order valence-electron chi connectivity index (χ4n) is 2.43. The lowest BCUT2D eigenvalue weighted by molar-refractivity contribution is -0.122. The number of aromatic nitrogens is 4. The van der Waals surface area contributed by atoms with E-state index in [1.54, 1.807) is 12.1 Å². The van der Waals surface area contributed by atoms with Crippen molar-refractivity contribution in [3.63, 3.8) is 0 Å². The van der Waals surface area contributed by atoms with Crippen LogP contribution in [-0.4, -0.2) is 32.0 Å². The van der Waals surface area contributed by atoms with Crippen LogP contribution in [0.3, 0.4) is 0 Å². The fourth-order valence-corrected chi connectivity index (χ4v) is 2.43. The number of nitrogens with one attached hydrogen (secondary N) is 2. The van der Waals surface area contributed by atoms with Crippen molar-refractivity contribution in [2.24, 2.45) is 0 Å². The molecule has 2 amide bonds. The van der Waals surface area contributed by atoms with E-state index >= 15 is 0 Å². The molecule has 0 spiro atoms. The number of carbonyl (C=O) groups excluding carboxylic acids is 2. The van der Waals surface area contributed by atoms with Crippen molar-refractivity contribution < 1.29 is 14.0 Å². The van der Waals surface area contributed by atoms with Crippen LogP contribution in [-0.2, 0) is 11.3 Å². The highest BCUT2D eigenvalue weighted by molar-refractivity contribution is 6.04. The Labute approximate surface area is 154 Å². The van der Waals surface area contributed by atoms with Crippen LogP contribution >= 0.6 is 0 Å². The number of benzene rings is 2. The van der Waals surface area contributed by atoms with Gasteiger partial charge in [0.2, 0.25) is 5.91 Å². The first kappa shape index (κ1) is 18.2. The second-order valence-electron chi connectivity index (χ2n) is 5.88.